The standard InChI is InChI=1S/C47H17BN2/c1-18-20(3)32(15)43-37(26(18)9)40-30(13)23(6)31(14)41-47(40)49(43)45-34(17)24(7)25(8)35-36-28(11)22(5)29(12)39-38-27(10)19(2)21(4)33(16)44(38)50(46(36)39)48(41)42(35)45/h1-17H. The molecule has 34 radical (unpaired) electrons. The molecule has 0 atom stereocenters. The highest BCUT2D eigenvalue weighted by Crippen LogP contribution is 2.51. The molecule has 0 fully saturated rings. The minimum Gasteiger partial charge on any atom is -0.375 e. The Hall–Kier alpha value is -4.24. The summed E-state index contributed by atoms with van der Waals surface area (Å²) in [5.41, 5.74) is 5.08. The second-order valence-corrected chi connectivity index (χ2v) is 13.0. The van der Waals surface area contributed by atoms with Crippen LogP contribution in [-0.2, 0) is 0 Å². The van der Waals surface area contributed by atoms with Gasteiger partial charge < -0.3 is 9.05 Å². The van der Waals surface area contributed by atoms with E-state index in [0.717, 1.165) is 0 Å². The van der Waals surface area contributed by atoms with E-state index in [-0.39, 0.29) is 94.6 Å². The number of benzene rings is 5. The zero-order chi connectivity index (χ0) is 36.1. The van der Waals surface area contributed by atoms with Crippen LogP contribution >= 0.6 is 0 Å². The predicted octanol–water partition coefficient (Wildman–Crippen LogP) is 6.85. The Bertz CT molecular complexity index is 2860. The number of hydrogen-bond donors (Lipinski definition) is 0. The number of nitrogens with zero attached hydrogens (tertiary/aromatic N) is 2. The number of aromatic nitrogens is 2. The third kappa shape index (κ3) is 3.14. The lowest BCUT2D eigenvalue weighted by molar-refractivity contribution is 1.14. The van der Waals surface area contributed by atoms with Crippen molar-refractivity contribution < 1.29 is 0 Å². The number of fused-ring (bicyclic) bond motifs is 10. The molecule has 0 bridgehead atoms. The maximum Gasteiger partial charge on any atom is 0.333 e. The monoisotopic (exact) mass is 620 g/mol. The molecule has 0 N–H and O–H groups in total. The van der Waals surface area contributed by atoms with Crippen LogP contribution in [-0.4, -0.2) is 15.9 Å². The Kier molecular flexibility index (Phi) is 6.06. The molecule has 4 heterocycles. The molecular weight excluding hydrogens is 603 g/mol. The summed E-state index contributed by atoms with van der Waals surface area (Å²) in [6.45, 7) is 113. The molecule has 0 amide bonds. The molecule has 0 saturated carbocycles. The lowest BCUT2D eigenvalue weighted by Gasteiger charge is -2.38. The Balaban J connectivity index is 1.72. The Labute approximate surface area is 298 Å². The molecular formula is C47H17BN2. The van der Waals surface area contributed by atoms with Crippen LogP contribution in [0.1, 0.15) is 94.6 Å². The highest BCUT2D eigenvalue weighted by Gasteiger charge is 2.46. The van der Waals surface area contributed by atoms with Crippen LogP contribution < -0.4 is 10.9 Å². The highest BCUT2D eigenvalue weighted by molar-refractivity contribution is 6.90. The summed E-state index contributed by atoms with van der Waals surface area (Å²) in [4.78, 5) is 0. The van der Waals surface area contributed by atoms with Gasteiger partial charge in [-0.05, 0) is 208 Å². The second kappa shape index (κ2) is 9.55. The first-order chi connectivity index (χ1) is 23.5. The van der Waals surface area contributed by atoms with Gasteiger partial charge in [0.05, 0.1) is 11.0 Å². The van der Waals surface area contributed by atoms with Gasteiger partial charge in [0.25, 0.3) is 0 Å². The molecule has 2 aliphatic rings. The van der Waals surface area contributed by atoms with Gasteiger partial charge in [0.15, 0.2) is 0 Å². The van der Waals surface area contributed by atoms with E-state index in [1.165, 1.54) is 0 Å². The van der Waals surface area contributed by atoms with Crippen LogP contribution in [0.3, 0.4) is 0 Å². The Morgan fingerprint density at radius 2 is 0.660 bits per heavy atom. The smallest absolute Gasteiger partial charge is 0.333 e. The normalized spacial score (nSPS) is 13.3. The predicted molar refractivity (Wildman–Crippen MR) is 197 cm³/mol. The average Bonchev–Trinajstić information content (AvgIpc) is 3.63. The van der Waals surface area contributed by atoms with Crippen molar-refractivity contribution in [3.63, 3.8) is 0 Å². The van der Waals surface area contributed by atoms with E-state index in [4.69, 9.17) is 118 Å². The molecule has 2 nitrogen and oxygen atoms in total. The topological polar surface area (TPSA) is 9.86 Å². The van der Waals surface area contributed by atoms with Gasteiger partial charge >= 0.3 is 6.85 Å². The number of rotatable bonds is 0. The maximum atomic E-state index is 6.99. The quantitative estimate of drug-likeness (QED) is 0.164. The van der Waals surface area contributed by atoms with Gasteiger partial charge in [-0.15, -0.1) is 0 Å². The number of hydrogen-bond acceptors (Lipinski definition) is 0. The first-order valence-electron chi connectivity index (χ1n) is 15.1. The van der Waals surface area contributed by atoms with E-state index in [2.05, 4.69) is 0 Å². The third-order valence-corrected chi connectivity index (χ3v) is 10.8. The van der Waals surface area contributed by atoms with Gasteiger partial charge in [-0.1, -0.05) is 0 Å². The summed E-state index contributed by atoms with van der Waals surface area (Å²) in [5.74, 6) is 0. The summed E-state index contributed by atoms with van der Waals surface area (Å²) >= 11 is 0. The maximum absolute atomic E-state index is 6.99. The zero-order valence-corrected chi connectivity index (χ0v) is 26.3. The molecule has 9 rings (SSSR count). The van der Waals surface area contributed by atoms with E-state index in [0.29, 0.717) is 71.4 Å². The molecule has 5 aromatic carbocycles. The minimum absolute atomic E-state index is 0.0420. The molecule has 218 valence electrons. The Morgan fingerprint density at radius 1 is 0.280 bits per heavy atom. The molecule has 2 aliphatic heterocycles. The molecule has 7 aromatic rings. The summed E-state index contributed by atoms with van der Waals surface area (Å²) in [6, 6.07) is 0. The molecule has 0 unspecified atom stereocenters. The Morgan fingerprint density at radius 3 is 1.22 bits per heavy atom. The van der Waals surface area contributed by atoms with E-state index < -0.39 is 6.85 Å². The first-order valence-corrected chi connectivity index (χ1v) is 15.1. The third-order valence-electron chi connectivity index (χ3n) is 10.8. The van der Waals surface area contributed by atoms with Crippen LogP contribution in [0.15, 0.2) is 0 Å². The van der Waals surface area contributed by atoms with Gasteiger partial charge in [0, 0.05) is 64.6 Å². The average molecular weight is 620 g/mol. The zero-order valence-electron chi connectivity index (χ0n) is 26.3. The second-order valence-electron chi connectivity index (χ2n) is 13.0. The molecule has 2 aromatic heterocycles. The van der Waals surface area contributed by atoms with Crippen molar-refractivity contribution in [2.75, 3.05) is 0 Å². The van der Waals surface area contributed by atoms with E-state index >= 15 is 0 Å². The molecule has 0 saturated heterocycles. The van der Waals surface area contributed by atoms with Crippen LogP contribution in [0.25, 0.3) is 60.4 Å². The lowest BCUT2D eigenvalue weighted by atomic mass is 9.43. The van der Waals surface area contributed by atoms with Crippen LogP contribution in [0.5, 0.6) is 0 Å². The van der Waals surface area contributed by atoms with Crippen molar-refractivity contribution in [3.05, 3.63) is 212 Å². The van der Waals surface area contributed by atoms with Gasteiger partial charge in [-0.25, -0.2) is 0 Å². The van der Waals surface area contributed by atoms with Crippen molar-refractivity contribution in [3.8, 4) is 16.8 Å². The van der Waals surface area contributed by atoms with Crippen molar-refractivity contribution in [1.82, 2.24) is 9.05 Å². The summed E-state index contributed by atoms with van der Waals surface area (Å²) < 4.78 is 3.62. The minimum atomic E-state index is -0.927. The summed E-state index contributed by atoms with van der Waals surface area (Å²) in [7, 11) is 0. The molecule has 3 heteroatoms. The molecule has 50 heavy (non-hydrogen) atoms. The molecule has 0 aliphatic carbocycles. The van der Waals surface area contributed by atoms with Crippen LogP contribution in [0.4, 0.5) is 0 Å². The largest absolute Gasteiger partial charge is 0.375 e. The molecule has 0 spiro atoms. The van der Waals surface area contributed by atoms with Crippen LogP contribution in [0, 0.1) is 118 Å². The van der Waals surface area contributed by atoms with Gasteiger partial charge in [-0.3, -0.25) is 0 Å². The fourth-order valence-electron chi connectivity index (χ4n) is 8.44. The summed E-state index contributed by atoms with van der Waals surface area (Å²) in [5, 5.41) is 1.54. The van der Waals surface area contributed by atoms with Gasteiger partial charge in [0.2, 0.25) is 0 Å². The lowest BCUT2D eigenvalue weighted by Crippen LogP contribution is -2.57. The van der Waals surface area contributed by atoms with E-state index in [1.54, 1.807) is 4.57 Å². The SMILES string of the molecule is [CH]c1c([CH])c2c3c(c1[CH])-n1c4c([CH])c([CH])c([CH])c([CH])c4c4c([CH])c([CH])c([CH])c(c41)B3n1c3c([CH])c([CH])c([CH])c([CH])c3c3c([CH])c([CH])c([CH])c-2c31. The van der Waals surface area contributed by atoms with Crippen molar-refractivity contribution in [2.45, 2.75) is 0 Å². The first kappa shape index (κ1) is 31.7. The van der Waals surface area contributed by atoms with E-state index in [1.807, 2.05) is 4.48 Å². The van der Waals surface area contributed by atoms with Gasteiger partial charge in [-0.2, -0.15) is 0 Å². The van der Waals surface area contributed by atoms with E-state index in [9.17, 15) is 0 Å². The van der Waals surface area contributed by atoms with Crippen molar-refractivity contribution in [2.24, 2.45) is 0 Å². The van der Waals surface area contributed by atoms with Crippen molar-refractivity contribution in [1.29, 1.82) is 0 Å². The summed E-state index contributed by atoms with van der Waals surface area (Å²) in [6.07, 6.45) is 0. The van der Waals surface area contributed by atoms with Gasteiger partial charge in [0.1, 0.15) is 0 Å². The fourth-order valence-corrected chi connectivity index (χ4v) is 8.44. The highest BCUT2D eigenvalue weighted by atomic mass is 15.0. The fraction of sp³-hybridized carbons (Fsp3) is 0. The van der Waals surface area contributed by atoms with Crippen molar-refractivity contribution >= 4 is 61.4 Å². The van der Waals surface area contributed by atoms with Crippen LogP contribution in [0.2, 0.25) is 0 Å².